The highest BCUT2D eigenvalue weighted by atomic mass is 15.3. The molecule has 0 fully saturated rings. The van der Waals surface area contributed by atoms with Gasteiger partial charge in [-0.05, 0) is 18.1 Å². The van der Waals surface area contributed by atoms with E-state index in [-0.39, 0.29) is 0 Å². The van der Waals surface area contributed by atoms with Crippen LogP contribution in [0.3, 0.4) is 0 Å². The minimum atomic E-state index is 1.04. The van der Waals surface area contributed by atoms with Gasteiger partial charge in [-0.2, -0.15) is 5.10 Å². The summed E-state index contributed by atoms with van der Waals surface area (Å²) in [5.74, 6) is 1.08. The topological polar surface area (TPSA) is 31.9 Å². The van der Waals surface area contributed by atoms with Crippen molar-refractivity contribution in [3.8, 4) is 0 Å². The van der Waals surface area contributed by atoms with Crippen molar-refractivity contribution in [3.05, 3.63) is 42.1 Å². The maximum Gasteiger partial charge on any atom is 0.128 e. The van der Waals surface area contributed by atoms with Crippen molar-refractivity contribution in [2.45, 2.75) is 6.42 Å². The van der Waals surface area contributed by atoms with Gasteiger partial charge in [-0.15, -0.1) is 0 Å². The van der Waals surface area contributed by atoms with Crippen LogP contribution >= 0.6 is 0 Å². The second-order valence-corrected chi connectivity index (χ2v) is 3.47. The number of H-pyrrole nitrogens is 1. The summed E-state index contributed by atoms with van der Waals surface area (Å²) < 4.78 is 0. The van der Waals surface area contributed by atoms with Crippen LogP contribution in [0.1, 0.15) is 5.56 Å². The second-order valence-electron chi connectivity index (χ2n) is 3.47. The van der Waals surface area contributed by atoms with E-state index in [4.69, 9.17) is 0 Å². The maximum absolute atomic E-state index is 3.97. The minimum absolute atomic E-state index is 1.04. The van der Waals surface area contributed by atoms with Gasteiger partial charge in [0.1, 0.15) is 5.82 Å². The molecule has 2 heterocycles. The Hall–Kier alpha value is -1.77. The Morgan fingerprint density at radius 1 is 1.21 bits per heavy atom. The molecule has 0 amide bonds. The summed E-state index contributed by atoms with van der Waals surface area (Å²) in [4.78, 5) is 2.27. The number of aromatic nitrogens is 2. The molecule has 0 atom stereocenters. The van der Waals surface area contributed by atoms with Gasteiger partial charge in [-0.1, -0.05) is 18.2 Å². The summed E-state index contributed by atoms with van der Waals surface area (Å²) in [7, 11) is 0. The Labute approximate surface area is 82.4 Å². The van der Waals surface area contributed by atoms with E-state index >= 15 is 0 Å². The smallest absolute Gasteiger partial charge is 0.128 e. The van der Waals surface area contributed by atoms with Crippen LogP contribution in [0.5, 0.6) is 0 Å². The first-order chi connectivity index (χ1) is 6.95. The molecule has 0 bridgehead atoms. The van der Waals surface area contributed by atoms with Gasteiger partial charge in [0.2, 0.25) is 0 Å². The fraction of sp³-hybridized carbons (Fsp3) is 0.182. The van der Waals surface area contributed by atoms with E-state index in [1.54, 1.807) is 6.20 Å². The van der Waals surface area contributed by atoms with E-state index in [1.165, 1.54) is 11.3 Å². The van der Waals surface area contributed by atoms with Crippen LogP contribution in [0.2, 0.25) is 0 Å². The first-order valence-electron chi connectivity index (χ1n) is 4.80. The third-order valence-corrected chi connectivity index (χ3v) is 2.66. The molecule has 1 aromatic heterocycles. The largest absolute Gasteiger partial charge is 0.326 e. The molecule has 0 saturated heterocycles. The van der Waals surface area contributed by atoms with Crippen LogP contribution < -0.4 is 4.90 Å². The Bertz CT molecular complexity index is 434. The highest BCUT2D eigenvalue weighted by Crippen LogP contribution is 2.32. The summed E-state index contributed by atoms with van der Waals surface area (Å²) in [6, 6.07) is 10.5. The van der Waals surface area contributed by atoms with Crippen LogP contribution in [0.4, 0.5) is 11.5 Å². The first-order valence-corrected chi connectivity index (χ1v) is 4.80. The highest BCUT2D eigenvalue weighted by Gasteiger charge is 2.19. The molecule has 0 radical (unpaired) electrons. The highest BCUT2D eigenvalue weighted by molar-refractivity contribution is 5.67. The molecule has 0 aliphatic carbocycles. The van der Waals surface area contributed by atoms with Crippen molar-refractivity contribution < 1.29 is 0 Å². The molecule has 1 N–H and O–H groups in total. The first kappa shape index (κ1) is 7.62. The molecule has 14 heavy (non-hydrogen) atoms. The van der Waals surface area contributed by atoms with Gasteiger partial charge in [-0.3, -0.25) is 5.10 Å². The summed E-state index contributed by atoms with van der Waals surface area (Å²) in [5, 5.41) is 6.97. The zero-order valence-electron chi connectivity index (χ0n) is 7.77. The van der Waals surface area contributed by atoms with Gasteiger partial charge in [-0.25, -0.2) is 0 Å². The zero-order chi connectivity index (χ0) is 9.38. The quantitative estimate of drug-likeness (QED) is 0.737. The van der Waals surface area contributed by atoms with Gasteiger partial charge in [0, 0.05) is 18.3 Å². The Kier molecular flexibility index (Phi) is 1.56. The van der Waals surface area contributed by atoms with Crippen LogP contribution in [-0.4, -0.2) is 16.7 Å². The molecule has 1 aromatic carbocycles. The van der Waals surface area contributed by atoms with E-state index in [0.29, 0.717) is 0 Å². The third-order valence-electron chi connectivity index (χ3n) is 2.66. The number of nitrogens with zero attached hydrogens (tertiary/aromatic N) is 2. The van der Waals surface area contributed by atoms with Crippen molar-refractivity contribution in [2.24, 2.45) is 0 Å². The average Bonchev–Trinajstić information content (AvgIpc) is 2.85. The number of aromatic amines is 1. The summed E-state index contributed by atoms with van der Waals surface area (Å²) in [6.45, 7) is 1.04. The van der Waals surface area contributed by atoms with Crippen LogP contribution in [0.15, 0.2) is 36.5 Å². The Balaban J connectivity index is 2.06. The summed E-state index contributed by atoms with van der Waals surface area (Å²) >= 11 is 0. The molecule has 3 nitrogen and oxygen atoms in total. The minimum Gasteiger partial charge on any atom is -0.326 e. The van der Waals surface area contributed by atoms with Crippen LogP contribution in [0.25, 0.3) is 0 Å². The molecule has 2 aromatic rings. The molecule has 0 spiro atoms. The number of anilines is 2. The van der Waals surface area contributed by atoms with Gasteiger partial charge in [0.05, 0.1) is 6.20 Å². The van der Waals surface area contributed by atoms with E-state index in [0.717, 1.165) is 18.8 Å². The molecule has 3 rings (SSSR count). The number of benzene rings is 1. The molecule has 70 valence electrons. The van der Waals surface area contributed by atoms with Gasteiger partial charge >= 0.3 is 0 Å². The fourth-order valence-electron chi connectivity index (χ4n) is 1.99. The number of rotatable bonds is 1. The SMILES string of the molecule is c1ccc2c(c1)CCN2c1ccn[nH]1. The van der Waals surface area contributed by atoms with Crippen LogP contribution in [-0.2, 0) is 6.42 Å². The molecule has 3 heteroatoms. The van der Waals surface area contributed by atoms with Crippen LogP contribution in [0, 0.1) is 0 Å². The van der Waals surface area contributed by atoms with Crippen molar-refractivity contribution in [1.29, 1.82) is 0 Å². The Morgan fingerprint density at radius 2 is 2.14 bits per heavy atom. The molecule has 1 aliphatic rings. The maximum atomic E-state index is 3.97. The zero-order valence-corrected chi connectivity index (χ0v) is 7.77. The van der Waals surface area contributed by atoms with Crippen molar-refractivity contribution in [3.63, 3.8) is 0 Å². The normalized spacial score (nSPS) is 14.4. The summed E-state index contributed by atoms with van der Waals surface area (Å²) in [5.41, 5.74) is 2.72. The van der Waals surface area contributed by atoms with E-state index in [1.807, 2.05) is 6.07 Å². The fourth-order valence-corrected chi connectivity index (χ4v) is 1.99. The standard InChI is InChI=1S/C11H11N3/c1-2-4-10-9(3-1)6-8-14(10)11-5-7-12-13-11/h1-5,7H,6,8H2,(H,12,13). The van der Waals surface area contributed by atoms with Crippen molar-refractivity contribution >= 4 is 11.5 Å². The molecular formula is C11H11N3. The number of fused-ring (bicyclic) bond motifs is 1. The lowest BCUT2D eigenvalue weighted by molar-refractivity contribution is 0.956. The predicted octanol–water partition coefficient (Wildman–Crippen LogP) is 2.10. The van der Waals surface area contributed by atoms with E-state index < -0.39 is 0 Å². The lowest BCUT2D eigenvalue weighted by Gasteiger charge is -2.16. The van der Waals surface area contributed by atoms with E-state index in [9.17, 15) is 0 Å². The monoisotopic (exact) mass is 185 g/mol. The lowest BCUT2D eigenvalue weighted by atomic mass is 10.2. The molecular weight excluding hydrogens is 174 g/mol. The molecule has 0 unspecified atom stereocenters. The van der Waals surface area contributed by atoms with Crippen molar-refractivity contribution in [2.75, 3.05) is 11.4 Å². The second kappa shape index (κ2) is 2.87. The number of hydrogen-bond donors (Lipinski definition) is 1. The van der Waals surface area contributed by atoms with Gasteiger partial charge in [0.15, 0.2) is 0 Å². The molecule has 0 saturated carbocycles. The number of hydrogen-bond acceptors (Lipinski definition) is 2. The number of nitrogens with one attached hydrogen (secondary N) is 1. The number of para-hydroxylation sites is 1. The molecule has 1 aliphatic heterocycles. The third kappa shape index (κ3) is 1.02. The average molecular weight is 185 g/mol. The Morgan fingerprint density at radius 3 is 3.00 bits per heavy atom. The summed E-state index contributed by atoms with van der Waals surface area (Å²) in [6.07, 6.45) is 2.91. The van der Waals surface area contributed by atoms with Gasteiger partial charge < -0.3 is 4.90 Å². The van der Waals surface area contributed by atoms with E-state index in [2.05, 4.69) is 39.4 Å². The van der Waals surface area contributed by atoms with Crippen molar-refractivity contribution in [1.82, 2.24) is 10.2 Å². The predicted molar refractivity (Wildman–Crippen MR) is 55.7 cm³/mol. The lowest BCUT2D eigenvalue weighted by Crippen LogP contribution is -2.13. The van der Waals surface area contributed by atoms with Gasteiger partial charge in [0.25, 0.3) is 0 Å².